The Morgan fingerprint density at radius 1 is 1.08 bits per heavy atom. The van der Waals surface area contributed by atoms with Crippen LogP contribution < -0.4 is 20.0 Å². The molecule has 2 saturated heterocycles. The number of hydrazone groups is 1. The van der Waals surface area contributed by atoms with Crippen molar-refractivity contribution in [3.63, 3.8) is 0 Å². The molecule has 2 aliphatic rings. The van der Waals surface area contributed by atoms with Crippen molar-refractivity contribution in [3.05, 3.63) is 42.1 Å². The quantitative estimate of drug-likeness (QED) is 0.347. The average Bonchev–Trinajstić information content (AvgIpc) is 3.32. The normalized spacial score (nSPS) is 17.1. The van der Waals surface area contributed by atoms with E-state index < -0.39 is 0 Å². The Bertz CT molecular complexity index is 1170. The van der Waals surface area contributed by atoms with Gasteiger partial charge in [0.1, 0.15) is 12.4 Å². The van der Waals surface area contributed by atoms with Gasteiger partial charge in [-0.25, -0.2) is 0 Å². The van der Waals surface area contributed by atoms with Gasteiger partial charge < -0.3 is 29.0 Å². The molecule has 0 aliphatic carbocycles. The van der Waals surface area contributed by atoms with E-state index in [2.05, 4.69) is 48.4 Å². The van der Waals surface area contributed by atoms with Crippen LogP contribution in [0.3, 0.4) is 0 Å². The molecule has 0 unspecified atom stereocenters. The fourth-order valence-corrected chi connectivity index (χ4v) is 4.39. The number of ether oxygens (including phenoxy) is 3. The second kappa shape index (κ2) is 11.6. The highest BCUT2D eigenvalue weighted by Gasteiger charge is 2.16. The summed E-state index contributed by atoms with van der Waals surface area (Å²) in [7, 11) is 4.08. The highest BCUT2D eigenvalue weighted by molar-refractivity contribution is 6.00. The number of aromatic amines is 1. The molecule has 5 rings (SSSR count). The molecule has 0 spiro atoms. The third kappa shape index (κ3) is 6.07. The van der Waals surface area contributed by atoms with E-state index in [-0.39, 0.29) is 0 Å². The van der Waals surface area contributed by atoms with Gasteiger partial charge in [-0.2, -0.15) is 10.1 Å². The Morgan fingerprint density at radius 2 is 1.86 bits per heavy atom. The first-order chi connectivity index (χ1) is 17.7. The zero-order valence-electron chi connectivity index (χ0n) is 21.1. The van der Waals surface area contributed by atoms with Crippen LogP contribution in [0.1, 0.15) is 5.56 Å². The zero-order valence-corrected chi connectivity index (χ0v) is 21.1. The second-order valence-corrected chi connectivity index (χ2v) is 9.19. The van der Waals surface area contributed by atoms with Crippen molar-refractivity contribution in [2.75, 3.05) is 95.1 Å². The van der Waals surface area contributed by atoms with Gasteiger partial charge in [0, 0.05) is 87.3 Å². The van der Waals surface area contributed by atoms with Crippen molar-refractivity contribution < 1.29 is 14.2 Å². The molecular formula is C26H35N7O3. The molecule has 10 heteroatoms. The van der Waals surface area contributed by atoms with E-state index >= 15 is 0 Å². The summed E-state index contributed by atoms with van der Waals surface area (Å²) in [5, 5.41) is 5.65. The van der Waals surface area contributed by atoms with E-state index in [0.29, 0.717) is 25.7 Å². The molecule has 0 atom stereocenters. The summed E-state index contributed by atoms with van der Waals surface area (Å²) in [5.74, 6) is 1.46. The van der Waals surface area contributed by atoms with Gasteiger partial charge in [0.05, 0.1) is 38.3 Å². The molecule has 2 fully saturated rings. The minimum atomic E-state index is 0.576. The number of nitrogens with zero attached hydrogens (tertiary/aromatic N) is 5. The van der Waals surface area contributed by atoms with Crippen molar-refractivity contribution in [2.45, 2.75) is 0 Å². The molecule has 0 bridgehead atoms. The number of pyridine rings is 1. The molecule has 2 N–H and O–H groups in total. The molecule has 0 amide bonds. The first kappa shape index (κ1) is 24.4. The van der Waals surface area contributed by atoms with Crippen molar-refractivity contribution in [1.82, 2.24) is 14.9 Å². The molecule has 192 valence electrons. The maximum atomic E-state index is 6.07. The number of aromatic nitrogens is 2. The molecular weight excluding hydrogens is 458 g/mol. The topological polar surface area (TPSA) is 90.5 Å². The molecule has 1 aromatic carbocycles. The summed E-state index contributed by atoms with van der Waals surface area (Å²) in [6, 6.07) is 10.3. The Labute approximate surface area is 211 Å². The highest BCUT2D eigenvalue weighted by Crippen LogP contribution is 2.25. The van der Waals surface area contributed by atoms with E-state index in [1.807, 2.05) is 38.6 Å². The predicted molar refractivity (Wildman–Crippen MR) is 144 cm³/mol. The van der Waals surface area contributed by atoms with Crippen molar-refractivity contribution in [3.8, 4) is 5.88 Å². The van der Waals surface area contributed by atoms with Crippen LogP contribution in [0.25, 0.3) is 10.9 Å². The van der Waals surface area contributed by atoms with Gasteiger partial charge in [-0.05, 0) is 12.1 Å². The standard InChI is InChI=1S/C26H35N7O3/c1-31(2)22-3-4-23-20(18-27-24(23)17-22)19-28-30-21-15-25(33-8-12-35-13-9-33)29-26(16-21)36-14-7-32-5-10-34-11-6-32/h3-4,15-19,27H,5-14H2,1-2H3,(H,29,30). The molecule has 3 aromatic rings. The van der Waals surface area contributed by atoms with Gasteiger partial charge in [0.15, 0.2) is 0 Å². The third-order valence-electron chi connectivity index (χ3n) is 6.50. The van der Waals surface area contributed by atoms with E-state index in [1.54, 1.807) is 0 Å². The summed E-state index contributed by atoms with van der Waals surface area (Å²) < 4.78 is 17.0. The van der Waals surface area contributed by atoms with E-state index in [4.69, 9.17) is 19.2 Å². The number of fused-ring (bicyclic) bond motifs is 1. The minimum absolute atomic E-state index is 0.576. The monoisotopic (exact) mass is 493 g/mol. The summed E-state index contributed by atoms with van der Waals surface area (Å²) in [6.45, 7) is 7.87. The van der Waals surface area contributed by atoms with E-state index in [0.717, 1.165) is 79.6 Å². The van der Waals surface area contributed by atoms with Crippen LogP contribution in [-0.2, 0) is 9.47 Å². The Hall–Kier alpha value is -3.34. The van der Waals surface area contributed by atoms with Crippen LogP contribution in [-0.4, -0.2) is 101 Å². The molecule has 2 aromatic heterocycles. The number of morpholine rings is 2. The van der Waals surface area contributed by atoms with Crippen LogP contribution in [0.2, 0.25) is 0 Å². The predicted octanol–water partition coefficient (Wildman–Crippen LogP) is 2.62. The van der Waals surface area contributed by atoms with Crippen LogP contribution in [0.5, 0.6) is 5.88 Å². The van der Waals surface area contributed by atoms with Crippen LogP contribution in [0.15, 0.2) is 41.6 Å². The average molecular weight is 494 g/mol. The zero-order chi connectivity index (χ0) is 24.7. The summed E-state index contributed by atoms with van der Waals surface area (Å²) in [4.78, 5) is 14.8. The van der Waals surface area contributed by atoms with Crippen LogP contribution >= 0.6 is 0 Å². The molecule has 10 nitrogen and oxygen atoms in total. The molecule has 0 radical (unpaired) electrons. The number of anilines is 3. The van der Waals surface area contributed by atoms with Crippen molar-refractivity contribution in [2.24, 2.45) is 5.10 Å². The van der Waals surface area contributed by atoms with Gasteiger partial charge in [-0.15, -0.1) is 0 Å². The van der Waals surface area contributed by atoms with E-state index in [9.17, 15) is 0 Å². The SMILES string of the molecule is CN(C)c1ccc2c(C=NNc3cc(OCCN4CCOCC4)nc(N4CCOCC4)c3)c[nH]c2c1. The fraction of sp³-hybridized carbons (Fsp3) is 0.462. The summed E-state index contributed by atoms with van der Waals surface area (Å²) >= 11 is 0. The molecule has 0 saturated carbocycles. The highest BCUT2D eigenvalue weighted by atomic mass is 16.5. The molecule has 2 aliphatic heterocycles. The summed E-state index contributed by atoms with van der Waals surface area (Å²) in [6.07, 6.45) is 3.81. The lowest BCUT2D eigenvalue weighted by atomic mass is 10.1. The first-order valence-corrected chi connectivity index (χ1v) is 12.5. The largest absolute Gasteiger partial charge is 0.476 e. The van der Waals surface area contributed by atoms with Crippen molar-refractivity contribution in [1.29, 1.82) is 0 Å². The smallest absolute Gasteiger partial charge is 0.217 e. The van der Waals surface area contributed by atoms with Crippen molar-refractivity contribution >= 4 is 34.3 Å². The lowest BCUT2D eigenvalue weighted by Gasteiger charge is -2.28. The summed E-state index contributed by atoms with van der Waals surface area (Å²) in [5.41, 5.74) is 7.27. The molecule has 4 heterocycles. The van der Waals surface area contributed by atoms with Crippen LogP contribution in [0, 0.1) is 0 Å². The minimum Gasteiger partial charge on any atom is -0.476 e. The van der Waals surface area contributed by atoms with E-state index in [1.165, 1.54) is 0 Å². The van der Waals surface area contributed by atoms with Gasteiger partial charge in [0.2, 0.25) is 5.88 Å². The number of hydrogen-bond acceptors (Lipinski definition) is 9. The molecule has 36 heavy (non-hydrogen) atoms. The number of rotatable bonds is 9. The maximum Gasteiger partial charge on any atom is 0.217 e. The Morgan fingerprint density at radius 3 is 2.64 bits per heavy atom. The lowest BCUT2D eigenvalue weighted by Crippen LogP contribution is -2.38. The van der Waals surface area contributed by atoms with Gasteiger partial charge in [-0.1, -0.05) is 6.07 Å². The fourth-order valence-electron chi connectivity index (χ4n) is 4.39. The first-order valence-electron chi connectivity index (χ1n) is 12.5. The van der Waals surface area contributed by atoms with Gasteiger partial charge >= 0.3 is 0 Å². The number of hydrogen-bond donors (Lipinski definition) is 2. The Kier molecular flexibility index (Phi) is 7.85. The third-order valence-corrected chi connectivity index (χ3v) is 6.50. The number of H-pyrrole nitrogens is 1. The number of benzene rings is 1. The van der Waals surface area contributed by atoms with Crippen LogP contribution in [0.4, 0.5) is 17.2 Å². The second-order valence-electron chi connectivity index (χ2n) is 9.19. The number of nitrogens with one attached hydrogen (secondary N) is 2. The van der Waals surface area contributed by atoms with Gasteiger partial charge in [0.25, 0.3) is 0 Å². The lowest BCUT2D eigenvalue weighted by molar-refractivity contribution is 0.0320. The Balaban J connectivity index is 1.28. The maximum absolute atomic E-state index is 6.07. The van der Waals surface area contributed by atoms with Gasteiger partial charge in [-0.3, -0.25) is 10.3 Å².